The van der Waals surface area contributed by atoms with Crippen molar-refractivity contribution >= 4 is 5.97 Å². The van der Waals surface area contributed by atoms with Crippen LogP contribution in [0, 0.1) is 5.92 Å². The van der Waals surface area contributed by atoms with Gasteiger partial charge in [-0.25, -0.2) is 0 Å². The second-order valence-corrected chi connectivity index (χ2v) is 7.69. The first-order valence-corrected chi connectivity index (χ1v) is 11.0. The van der Waals surface area contributed by atoms with Gasteiger partial charge in [-0.15, -0.1) is 10.2 Å². The second kappa shape index (κ2) is 16.7. The number of aromatic amines is 1. The fourth-order valence-electron chi connectivity index (χ4n) is 3.60. The average Bonchev–Trinajstić information content (AvgIpc) is 3.19. The van der Waals surface area contributed by atoms with Gasteiger partial charge >= 0.3 is 5.97 Å². The van der Waals surface area contributed by atoms with Gasteiger partial charge in [-0.05, 0) is 12.3 Å². The molecule has 0 aliphatic carbocycles. The molecule has 1 aromatic rings. The van der Waals surface area contributed by atoms with Gasteiger partial charge in [0.25, 0.3) is 0 Å². The Morgan fingerprint density at radius 3 is 2.07 bits per heavy atom. The maximum absolute atomic E-state index is 11.1. The number of ether oxygens (including phenoxy) is 1. The van der Waals surface area contributed by atoms with Crippen molar-refractivity contribution in [1.29, 1.82) is 0 Å². The third-order valence-electron chi connectivity index (χ3n) is 5.30. The van der Waals surface area contributed by atoms with Crippen molar-refractivity contribution in [3.8, 4) is 0 Å². The van der Waals surface area contributed by atoms with E-state index < -0.39 is 0 Å². The number of nitrogens with one attached hydrogen (secondary N) is 1. The molecule has 0 aliphatic rings. The van der Waals surface area contributed by atoms with Gasteiger partial charge in [0.15, 0.2) is 5.82 Å². The lowest BCUT2D eigenvalue weighted by Crippen LogP contribution is -2.07. The van der Waals surface area contributed by atoms with Gasteiger partial charge in [-0.3, -0.25) is 4.79 Å². The number of aromatic nitrogens is 4. The molecule has 27 heavy (non-hydrogen) atoms. The summed E-state index contributed by atoms with van der Waals surface area (Å²) >= 11 is 0. The van der Waals surface area contributed by atoms with Crippen molar-refractivity contribution in [2.24, 2.45) is 5.92 Å². The van der Waals surface area contributed by atoms with Crippen LogP contribution in [-0.2, 0) is 16.0 Å². The molecule has 6 heteroatoms. The average molecular weight is 381 g/mol. The van der Waals surface area contributed by atoms with Crippen molar-refractivity contribution in [2.75, 3.05) is 7.11 Å². The number of carbonyl (C=O) groups excluding carboxylic acids is 1. The molecule has 0 saturated heterocycles. The third-order valence-corrected chi connectivity index (χ3v) is 5.30. The first kappa shape index (κ1) is 23.6. The Morgan fingerprint density at radius 2 is 1.52 bits per heavy atom. The molecular formula is C21H40N4O2. The number of rotatable bonds is 18. The maximum atomic E-state index is 11.1. The molecule has 156 valence electrons. The van der Waals surface area contributed by atoms with Crippen molar-refractivity contribution in [3.05, 3.63) is 5.82 Å². The SMILES string of the molecule is CCCCCCCCC(CCCCCCCCC(=O)OC)Cc1nn[nH]n1. The zero-order chi connectivity index (χ0) is 19.6. The van der Waals surface area contributed by atoms with Crippen LogP contribution in [0.25, 0.3) is 0 Å². The van der Waals surface area contributed by atoms with Gasteiger partial charge in [0.05, 0.1) is 7.11 Å². The van der Waals surface area contributed by atoms with E-state index in [0.29, 0.717) is 12.3 Å². The van der Waals surface area contributed by atoms with Crippen molar-refractivity contribution in [3.63, 3.8) is 0 Å². The molecule has 1 aromatic heterocycles. The van der Waals surface area contributed by atoms with E-state index in [4.69, 9.17) is 0 Å². The topological polar surface area (TPSA) is 80.8 Å². The highest BCUT2D eigenvalue weighted by molar-refractivity contribution is 5.68. The third kappa shape index (κ3) is 13.4. The van der Waals surface area contributed by atoms with E-state index in [0.717, 1.165) is 25.1 Å². The van der Waals surface area contributed by atoms with Gasteiger partial charge in [0.2, 0.25) is 0 Å². The Balaban J connectivity index is 2.12. The predicted octanol–water partition coefficient (Wildman–Crippen LogP) is 5.40. The Kier molecular flexibility index (Phi) is 14.6. The number of H-pyrrole nitrogens is 1. The number of esters is 1. The lowest BCUT2D eigenvalue weighted by molar-refractivity contribution is -0.140. The number of hydrogen-bond acceptors (Lipinski definition) is 5. The van der Waals surface area contributed by atoms with Crippen molar-refractivity contribution in [2.45, 2.75) is 110 Å². The number of hydrogen-bond donors (Lipinski definition) is 1. The molecule has 1 N–H and O–H groups in total. The van der Waals surface area contributed by atoms with E-state index in [-0.39, 0.29) is 5.97 Å². The highest BCUT2D eigenvalue weighted by Gasteiger charge is 2.12. The quantitative estimate of drug-likeness (QED) is 0.272. The number of carbonyl (C=O) groups is 1. The van der Waals surface area contributed by atoms with Crippen LogP contribution >= 0.6 is 0 Å². The smallest absolute Gasteiger partial charge is 0.305 e. The number of nitrogens with zero attached hydrogens (tertiary/aromatic N) is 3. The minimum atomic E-state index is -0.0889. The summed E-state index contributed by atoms with van der Waals surface area (Å²) in [5.74, 6) is 1.44. The van der Waals surface area contributed by atoms with Gasteiger partial charge in [0, 0.05) is 12.8 Å². The van der Waals surface area contributed by atoms with Crippen LogP contribution in [-0.4, -0.2) is 33.7 Å². The Bertz CT molecular complexity index is 451. The molecule has 0 bridgehead atoms. The zero-order valence-corrected chi connectivity index (χ0v) is 17.5. The van der Waals surface area contributed by atoms with Crippen molar-refractivity contribution < 1.29 is 9.53 Å². The lowest BCUT2D eigenvalue weighted by Gasteiger charge is -2.15. The van der Waals surface area contributed by atoms with E-state index in [9.17, 15) is 4.79 Å². The Hall–Kier alpha value is -1.46. The standard InChI is InChI=1S/C21H40N4O2/c1-3-4-5-6-9-12-15-19(18-20-22-24-25-23-20)16-13-10-7-8-11-14-17-21(26)27-2/h19H,3-18H2,1-2H3,(H,22,23,24,25). The molecule has 1 atom stereocenters. The molecule has 0 aliphatic heterocycles. The van der Waals surface area contributed by atoms with E-state index >= 15 is 0 Å². The summed E-state index contributed by atoms with van der Waals surface area (Å²) < 4.78 is 4.67. The van der Waals surface area contributed by atoms with Gasteiger partial charge in [-0.2, -0.15) is 5.21 Å². The summed E-state index contributed by atoms with van der Waals surface area (Å²) in [7, 11) is 1.46. The van der Waals surface area contributed by atoms with Crippen LogP contribution in [0.4, 0.5) is 0 Å². The van der Waals surface area contributed by atoms with Crippen LogP contribution in [0.5, 0.6) is 0 Å². The summed E-state index contributed by atoms with van der Waals surface area (Å²) in [5, 5.41) is 14.5. The zero-order valence-electron chi connectivity index (χ0n) is 17.5. The molecule has 0 amide bonds. The Morgan fingerprint density at radius 1 is 0.926 bits per heavy atom. The molecular weight excluding hydrogens is 340 g/mol. The molecule has 6 nitrogen and oxygen atoms in total. The predicted molar refractivity (Wildman–Crippen MR) is 108 cm³/mol. The molecule has 0 radical (unpaired) electrons. The largest absolute Gasteiger partial charge is 0.469 e. The number of unbranched alkanes of at least 4 members (excludes halogenated alkanes) is 10. The summed E-state index contributed by atoms with van der Waals surface area (Å²) in [6.07, 6.45) is 19.2. The van der Waals surface area contributed by atoms with Gasteiger partial charge in [-0.1, -0.05) is 95.6 Å². The summed E-state index contributed by atoms with van der Waals surface area (Å²) in [5.41, 5.74) is 0. The minimum absolute atomic E-state index is 0.0889. The molecule has 1 heterocycles. The van der Waals surface area contributed by atoms with Crippen LogP contribution in [0.3, 0.4) is 0 Å². The highest BCUT2D eigenvalue weighted by atomic mass is 16.5. The summed E-state index contributed by atoms with van der Waals surface area (Å²) in [6.45, 7) is 2.26. The molecule has 0 fully saturated rings. The maximum Gasteiger partial charge on any atom is 0.305 e. The highest BCUT2D eigenvalue weighted by Crippen LogP contribution is 2.22. The minimum Gasteiger partial charge on any atom is -0.469 e. The van der Waals surface area contributed by atoms with Gasteiger partial charge < -0.3 is 4.74 Å². The normalized spacial score (nSPS) is 12.2. The van der Waals surface area contributed by atoms with E-state index in [1.165, 1.54) is 84.2 Å². The van der Waals surface area contributed by atoms with Gasteiger partial charge in [0.1, 0.15) is 0 Å². The monoisotopic (exact) mass is 380 g/mol. The molecule has 1 unspecified atom stereocenters. The van der Waals surface area contributed by atoms with E-state index in [2.05, 4.69) is 32.3 Å². The van der Waals surface area contributed by atoms with E-state index in [1.807, 2.05) is 0 Å². The van der Waals surface area contributed by atoms with Crippen LogP contribution in [0.15, 0.2) is 0 Å². The molecule has 0 aromatic carbocycles. The van der Waals surface area contributed by atoms with Crippen LogP contribution in [0.2, 0.25) is 0 Å². The summed E-state index contributed by atoms with van der Waals surface area (Å²) in [6, 6.07) is 0. The fraction of sp³-hybridized carbons (Fsp3) is 0.905. The number of methoxy groups -OCH3 is 1. The number of tetrazole rings is 1. The van der Waals surface area contributed by atoms with Crippen LogP contribution < -0.4 is 0 Å². The lowest BCUT2D eigenvalue weighted by atomic mass is 9.91. The second-order valence-electron chi connectivity index (χ2n) is 7.69. The van der Waals surface area contributed by atoms with Crippen LogP contribution in [0.1, 0.15) is 109 Å². The van der Waals surface area contributed by atoms with Crippen molar-refractivity contribution in [1.82, 2.24) is 20.6 Å². The first-order chi connectivity index (χ1) is 13.3. The first-order valence-electron chi connectivity index (χ1n) is 11.0. The molecule has 0 saturated carbocycles. The summed E-state index contributed by atoms with van der Waals surface area (Å²) in [4.78, 5) is 11.1. The Labute approximate surface area is 165 Å². The fourth-order valence-corrected chi connectivity index (χ4v) is 3.60. The molecule has 1 rings (SSSR count). The van der Waals surface area contributed by atoms with E-state index in [1.54, 1.807) is 0 Å². The molecule has 0 spiro atoms.